The minimum atomic E-state index is -0.414. The Balaban J connectivity index is 0.00000200. The Bertz CT molecular complexity index is 414. The molecule has 0 unspecified atom stereocenters. The summed E-state index contributed by atoms with van der Waals surface area (Å²) in [6.07, 6.45) is 0. The van der Waals surface area contributed by atoms with Crippen LogP contribution in [0.25, 0.3) is 0 Å². The van der Waals surface area contributed by atoms with Crippen LogP contribution in [0.4, 0.5) is 4.39 Å². The van der Waals surface area contributed by atoms with E-state index >= 15 is 0 Å². The molecule has 1 aliphatic heterocycles. The lowest BCUT2D eigenvalue weighted by Crippen LogP contribution is -2.45. The van der Waals surface area contributed by atoms with Crippen molar-refractivity contribution in [1.29, 1.82) is 0 Å². The van der Waals surface area contributed by atoms with Gasteiger partial charge in [-0.2, -0.15) is 0 Å². The van der Waals surface area contributed by atoms with Crippen LogP contribution in [-0.2, 0) is 0 Å². The second kappa shape index (κ2) is 8.29. The van der Waals surface area contributed by atoms with Gasteiger partial charge in [-0.3, -0.25) is 4.90 Å². The first-order chi connectivity index (χ1) is 9.30. The van der Waals surface area contributed by atoms with Gasteiger partial charge in [-0.15, -0.1) is 12.4 Å². The zero-order chi connectivity index (χ0) is 13.7. The van der Waals surface area contributed by atoms with Crippen molar-refractivity contribution >= 4 is 12.4 Å². The molecule has 0 spiro atoms. The standard InChI is InChI=1S/C14H21FN2O2.ClH/c1-18-11-3-4-12(14(9-11)19-2)13(10-15)17-7-5-16-6-8-17;/h3-4,9,13,16H,5-8,10H2,1-2H3;1H/t13-;/m0./s1. The molecule has 1 heterocycles. The smallest absolute Gasteiger partial charge is 0.127 e. The predicted molar refractivity (Wildman–Crippen MR) is 80.0 cm³/mol. The summed E-state index contributed by atoms with van der Waals surface area (Å²) in [4.78, 5) is 2.15. The van der Waals surface area contributed by atoms with E-state index in [9.17, 15) is 4.39 Å². The zero-order valence-corrected chi connectivity index (χ0v) is 12.7. The van der Waals surface area contributed by atoms with E-state index in [0.29, 0.717) is 5.75 Å². The van der Waals surface area contributed by atoms with Crippen molar-refractivity contribution in [3.8, 4) is 11.5 Å². The van der Waals surface area contributed by atoms with E-state index in [1.165, 1.54) is 0 Å². The number of benzene rings is 1. The highest BCUT2D eigenvalue weighted by Crippen LogP contribution is 2.33. The van der Waals surface area contributed by atoms with Crippen LogP contribution in [0.5, 0.6) is 11.5 Å². The molecule has 1 saturated heterocycles. The number of methoxy groups -OCH3 is 2. The van der Waals surface area contributed by atoms with Gasteiger partial charge in [0.2, 0.25) is 0 Å². The highest BCUT2D eigenvalue weighted by molar-refractivity contribution is 5.85. The van der Waals surface area contributed by atoms with Crippen LogP contribution in [-0.4, -0.2) is 52.0 Å². The average molecular weight is 305 g/mol. The lowest BCUT2D eigenvalue weighted by molar-refractivity contribution is 0.145. The van der Waals surface area contributed by atoms with Gasteiger partial charge in [-0.25, -0.2) is 4.39 Å². The van der Waals surface area contributed by atoms with Crippen LogP contribution >= 0.6 is 12.4 Å². The summed E-state index contributed by atoms with van der Waals surface area (Å²) in [5, 5.41) is 3.28. The first-order valence-electron chi connectivity index (χ1n) is 6.52. The predicted octanol–water partition coefficient (Wildman–Crippen LogP) is 2.04. The second-order valence-electron chi connectivity index (χ2n) is 4.56. The van der Waals surface area contributed by atoms with Gasteiger partial charge in [0.15, 0.2) is 0 Å². The molecule has 0 radical (unpaired) electrons. The van der Waals surface area contributed by atoms with E-state index in [0.717, 1.165) is 37.5 Å². The van der Waals surface area contributed by atoms with Gasteiger partial charge in [0.1, 0.15) is 18.2 Å². The van der Waals surface area contributed by atoms with E-state index in [-0.39, 0.29) is 18.4 Å². The van der Waals surface area contributed by atoms with Crippen LogP contribution < -0.4 is 14.8 Å². The molecule has 0 amide bonds. The summed E-state index contributed by atoms with van der Waals surface area (Å²) in [5.74, 6) is 1.40. The first-order valence-corrected chi connectivity index (χ1v) is 6.52. The normalized spacial score (nSPS) is 17.1. The quantitative estimate of drug-likeness (QED) is 0.903. The molecule has 20 heavy (non-hydrogen) atoms. The Morgan fingerprint density at radius 3 is 2.50 bits per heavy atom. The molecule has 6 heteroatoms. The molecular weight excluding hydrogens is 283 g/mol. The van der Waals surface area contributed by atoms with Crippen molar-refractivity contribution in [1.82, 2.24) is 10.2 Å². The number of nitrogens with zero attached hydrogens (tertiary/aromatic N) is 1. The minimum Gasteiger partial charge on any atom is -0.497 e. The van der Waals surface area contributed by atoms with Crippen molar-refractivity contribution in [2.45, 2.75) is 6.04 Å². The molecule has 114 valence electrons. The SMILES string of the molecule is COc1ccc([C@H](CF)N2CCNCC2)c(OC)c1.Cl. The Morgan fingerprint density at radius 2 is 1.95 bits per heavy atom. The highest BCUT2D eigenvalue weighted by Gasteiger charge is 2.25. The first kappa shape index (κ1) is 17.0. The molecule has 0 saturated carbocycles. The third-order valence-corrected chi connectivity index (χ3v) is 3.54. The van der Waals surface area contributed by atoms with Gasteiger partial charge in [-0.05, 0) is 12.1 Å². The number of piperazine rings is 1. The molecule has 1 N–H and O–H groups in total. The Kier molecular flexibility index (Phi) is 7.05. The fourth-order valence-corrected chi connectivity index (χ4v) is 2.46. The molecule has 0 bridgehead atoms. The fraction of sp³-hybridized carbons (Fsp3) is 0.571. The molecule has 1 atom stereocenters. The number of rotatable bonds is 5. The van der Waals surface area contributed by atoms with E-state index < -0.39 is 6.67 Å². The molecule has 1 aromatic rings. The Hall–Kier alpha value is -1.04. The molecule has 1 fully saturated rings. The van der Waals surface area contributed by atoms with Crippen molar-refractivity contribution < 1.29 is 13.9 Å². The molecule has 0 aliphatic carbocycles. The number of ether oxygens (including phenoxy) is 2. The van der Waals surface area contributed by atoms with Crippen molar-refractivity contribution in [3.05, 3.63) is 23.8 Å². The van der Waals surface area contributed by atoms with Gasteiger partial charge < -0.3 is 14.8 Å². The van der Waals surface area contributed by atoms with Crippen LogP contribution in [0.3, 0.4) is 0 Å². The third kappa shape index (κ3) is 3.75. The van der Waals surface area contributed by atoms with Crippen molar-refractivity contribution in [2.24, 2.45) is 0 Å². The lowest BCUT2D eigenvalue weighted by Gasteiger charge is -2.34. The molecular formula is C14H22ClFN2O2. The summed E-state index contributed by atoms with van der Waals surface area (Å²) in [5.41, 5.74) is 0.882. The maximum atomic E-state index is 13.5. The van der Waals surface area contributed by atoms with Crippen LogP contribution in [0.1, 0.15) is 11.6 Å². The minimum absolute atomic E-state index is 0. The summed E-state index contributed by atoms with van der Waals surface area (Å²) >= 11 is 0. The third-order valence-electron chi connectivity index (χ3n) is 3.54. The molecule has 1 aliphatic rings. The van der Waals surface area contributed by atoms with E-state index in [4.69, 9.17) is 9.47 Å². The number of halogens is 2. The number of hydrogen-bond donors (Lipinski definition) is 1. The average Bonchev–Trinajstić information content (AvgIpc) is 2.49. The van der Waals surface area contributed by atoms with E-state index in [1.807, 2.05) is 12.1 Å². The van der Waals surface area contributed by atoms with Crippen LogP contribution in [0.2, 0.25) is 0 Å². The van der Waals surface area contributed by atoms with Crippen LogP contribution in [0, 0.1) is 0 Å². The van der Waals surface area contributed by atoms with Gasteiger partial charge in [0.25, 0.3) is 0 Å². The van der Waals surface area contributed by atoms with E-state index in [1.54, 1.807) is 20.3 Å². The van der Waals surface area contributed by atoms with Gasteiger partial charge in [-0.1, -0.05) is 0 Å². The van der Waals surface area contributed by atoms with Crippen molar-refractivity contribution in [3.63, 3.8) is 0 Å². The maximum absolute atomic E-state index is 13.5. The van der Waals surface area contributed by atoms with Crippen molar-refractivity contribution in [2.75, 3.05) is 47.1 Å². The number of alkyl halides is 1. The summed E-state index contributed by atoms with van der Waals surface area (Å²) in [6, 6.07) is 5.30. The highest BCUT2D eigenvalue weighted by atomic mass is 35.5. The van der Waals surface area contributed by atoms with Crippen LogP contribution in [0.15, 0.2) is 18.2 Å². The fourth-order valence-electron chi connectivity index (χ4n) is 2.46. The lowest BCUT2D eigenvalue weighted by atomic mass is 10.0. The Labute approximate surface area is 125 Å². The van der Waals surface area contributed by atoms with E-state index in [2.05, 4.69) is 10.2 Å². The number of nitrogens with one attached hydrogen (secondary N) is 1. The Morgan fingerprint density at radius 1 is 1.25 bits per heavy atom. The van der Waals surface area contributed by atoms with Gasteiger partial charge in [0, 0.05) is 37.8 Å². The topological polar surface area (TPSA) is 33.7 Å². The number of hydrogen-bond acceptors (Lipinski definition) is 4. The van der Waals surface area contributed by atoms with Gasteiger partial charge >= 0.3 is 0 Å². The zero-order valence-electron chi connectivity index (χ0n) is 11.9. The molecule has 0 aromatic heterocycles. The molecule has 4 nitrogen and oxygen atoms in total. The molecule has 2 rings (SSSR count). The maximum Gasteiger partial charge on any atom is 0.127 e. The monoisotopic (exact) mass is 304 g/mol. The summed E-state index contributed by atoms with van der Waals surface area (Å²) in [6.45, 7) is 3.08. The molecule has 1 aromatic carbocycles. The second-order valence-corrected chi connectivity index (χ2v) is 4.56. The summed E-state index contributed by atoms with van der Waals surface area (Å²) < 4.78 is 24.0. The summed E-state index contributed by atoms with van der Waals surface area (Å²) in [7, 11) is 3.21. The largest absolute Gasteiger partial charge is 0.497 e. The van der Waals surface area contributed by atoms with Gasteiger partial charge in [0.05, 0.1) is 20.3 Å².